The van der Waals surface area contributed by atoms with Crippen LogP contribution >= 0.6 is 11.6 Å². The van der Waals surface area contributed by atoms with Crippen LogP contribution in [-0.2, 0) is 9.53 Å². The van der Waals surface area contributed by atoms with Gasteiger partial charge in [-0.1, -0.05) is 23.2 Å². The minimum atomic E-state index is -1.03. The fourth-order valence-corrected chi connectivity index (χ4v) is 2.44. The van der Waals surface area contributed by atoms with E-state index < -0.39 is 18.0 Å². The zero-order valence-corrected chi connectivity index (χ0v) is 15.7. The molecule has 1 atom stereocenters. The Morgan fingerprint density at radius 2 is 1.69 bits per heavy atom. The van der Waals surface area contributed by atoms with Crippen LogP contribution in [0.2, 0.25) is 5.02 Å². The van der Waals surface area contributed by atoms with Gasteiger partial charge in [0.25, 0.3) is 5.91 Å². The van der Waals surface area contributed by atoms with Gasteiger partial charge in [-0.3, -0.25) is 4.79 Å². The maximum absolute atomic E-state index is 12.4. The number of methoxy groups -OCH3 is 2. The van der Waals surface area contributed by atoms with Gasteiger partial charge in [-0.2, -0.15) is 0 Å². The van der Waals surface area contributed by atoms with Crippen LogP contribution in [0.1, 0.15) is 22.8 Å². The summed E-state index contributed by atoms with van der Waals surface area (Å²) >= 11 is 5.94. The van der Waals surface area contributed by atoms with E-state index >= 15 is 0 Å². The highest BCUT2D eigenvalue weighted by molar-refractivity contribution is 6.31. The fraction of sp³-hybridized carbons (Fsp3) is 0.263. The summed E-state index contributed by atoms with van der Waals surface area (Å²) < 4.78 is 15.6. The number of carbonyl (C=O) groups is 2. The van der Waals surface area contributed by atoms with Gasteiger partial charge in [0.15, 0.2) is 6.10 Å². The first-order valence-corrected chi connectivity index (χ1v) is 8.23. The van der Waals surface area contributed by atoms with E-state index in [0.29, 0.717) is 22.2 Å². The lowest BCUT2D eigenvalue weighted by Crippen LogP contribution is -2.30. The largest absolute Gasteiger partial charge is 0.496 e. The van der Waals surface area contributed by atoms with Crippen LogP contribution < -0.4 is 14.8 Å². The molecule has 26 heavy (non-hydrogen) atoms. The Morgan fingerprint density at radius 1 is 1.04 bits per heavy atom. The smallest absolute Gasteiger partial charge is 0.342 e. The van der Waals surface area contributed by atoms with Crippen molar-refractivity contribution >= 4 is 29.2 Å². The van der Waals surface area contributed by atoms with Gasteiger partial charge in [0.2, 0.25) is 0 Å². The van der Waals surface area contributed by atoms with E-state index in [4.69, 9.17) is 25.8 Å². The summed E-state index contributed by atoms with van der Waals surface area (Å²) in [5, 5.41) is 3.08. The highest BCUT2D eigenvalue weighted by Crippen LogP contribution is 2.28. The number of esters is 1. The van der Waals surface area contributed by atoms with Gasteiger partial charge in [-0.15, -0.1) is 0 Å². The average Bonchev–Trinajstić information content (AvgIpc) is 2.61. The van der Waals surface area contributed by atoms with E-state index in [9.17, 15) is 9.59 Å². The fourth-order valence-electron chi connectivity index (χ4n) is 2.27. The van der Waals surface area contributed by atoms with Gasteiger partial charge in [0.1, 0.15) is 17.1 Å². The standard InChI is InChI=1S/C19H20ClNO5/c1-11-5-7-16(24-3)14(9-11)19(23)26-12(2)18(22)21-15-10-13(20)6-8-17(15)25-4/h5-10,12H,1-4H3,(H,21,22)/t12-/m1/s1. The molecule has 0 fully saturated rings. The number of hydrogen-bond donors (Lipinski definition) is 1. The van der Waals surface area contributed by atoms with Gasteiger partial charge in [-0.25, -0.2) is 4.79 Å². The quantitative estimate of drug-likeness (QED) is 0.774. The predicted molar refractivity (Wildman–Crippen MR) is 99.2 cm³/mol. The number of ether oxygens (including phenoxy) is 3. The molecule has 2 aromatic carbocycles. The van der Waals surface area contributed by atoms with Crippen LogP contribution in [0.25, 0.3) is 0 Å². The van der Waals surface area contributed by atoms with Crippen molar-refractivity contribution in [2.75, 3.05) is 19.5 Å². The van der Waals surface area contributed by atoms with Gasteiger partial charge < -0.3 is 19.5 Å². The van der Waals surface area contributed by atoms with Crippen LogP contribution in [0.3, 0.4) is 0 Å². The molecule has 0 radical (unpaired) electrons. The lowest BCUT2D eigenvalue weighted by Gasteiger charge is -2.16. The number of anilines is 1. The molecule has 2 rings (SSSR count). The van der Waals surface area contributed by atoms with E-state index in [1.165, 1.54) is 21.1 Å². The van der Waals surface area contributed by atoms with Crippen molar-refractivity contribution < 1.29 is 23.8 Å². The topological polar surface area (TPSA) is 73.9 Å². The second kappa shape index (κ2) is 8.58. The van der Waals surface area contributed by atoms with E-state index in [1.807, 2.05) is 13.0 Å². The van der Waals surface area contributed by atoms with Crippen molar-refractivity contribution in [3.8, 4) is 11.5 Å². The zero-order valence-electron chi connectivity index (χ0n) is 15.0. The molecule has 0 spiro atoms. The van der Waals surface area contributed by atoms with Gasteiger partial charge in [0.05, 0.1) is 19.9 Å². The maximum Gasteiger partial charge on any atom is 0.342 e. The number of halogens is 1. The number of hydrogen-bond acceptors (Lipinski definition) is 5. The van der Waals surface area contributed by atoms with Crippen molar-refractivity contribution in [2.24, 2.45) is 0 Å². The lowest BCUT2D eigenvalue weighted by molar-refractivity contribution is -0.123. The molecule has 0 aromatic heterocycles. The Balaban J connectivity index is 2.11. The van der Waals surface area contributed by atoms with Crippen molar-refractivity contribution in [1.29, 1.82) is 0 Å². The molecule has 0 saturated heterocycles. The minimum Gasteiger partial charge on any atom is -0.496 e. The van der Waals surface area contributed by atoms with Crippen molar-refractivity contribution in [3.63, 3.8) is 0 Å². The number of rotatable bonds is 6. The second-order valence-electron chi connectivity index (χ2n) is 5.59. The Hall–Kier alpha value is -2.73. The number of amides is 1. The summed E-state index contributed by atoms with van der Waals surface area (Å²) in [7, 11) is 2.94. The maximum atomic E-state index is 12.4. The lowest BCUT2D eigenvalue weighted by atomic mass is 10.1. The molecule has 0 unspecified atom stereocenters. The molecule has 0 aliphatic heterocycles. The minimum absolute atomic E-state index is 0.257. The van der Waals surface area contributed by atoms with Crippen LogP contribution in [0.15, 0.2) is 36.4 Å². The summed E-state index contributed by atoms with van der Waals surface area (Å²) in [5.74, 6) is -0.330. The molecule has 0 bridgehead atoms. The van der Waals surface area contributed by atoms with Gasteiger partial charge in [-0.05, 0) is 44.2 Å². The number of benzene rings is 2. The molecule has 1 N–H and O–H groups in total. The summed E-state index contributed by atoms with van der Waals surface area (Å²) in [5.41, 5.74) is 1.52. The summed E-state index contributed by atoms with van der Waals surface area (Å²) in [6.45, 7) is 3.32. The molecule has 0 heterocycles. The zero-order chi connectivity index (χ0) is 19.3. The second-order valence-corrected chi connectivity index (χ2v) is 6.02. The van der Waals surface area contributed by atoms with E-state index in [0.717, 1.165) is 5.56 Å². The molecule has 2 aromatic rings. The predicted octanol–water partition coefficient (Wildman–Crippen LogP) is 3.85. The third kappa shape index (κ3) is 4.67. The third-order valence-corrected chi connectivity index (χ3v) is 3.88. The molecule has 0 aliphatic carbocycles. The van der Waals surface area contributed by atoms with Gasteiger partial charge >= 0.3 is 5.97 Å². The van der Waals surface area contributed by atoms with Crippen molar-refractivity contribution in [1.82, 2.24) is 0 Å². The Morgan fingerprint density at radius 3 is 2.35 bits per heavy atom. The normalized spacial score (nSPS) is 11.4. The van der Waals surface area contributed by atoms with Gasteiger partial charge in [0, 0.05) is 5.02 Å². The molecular weight excluding hydrogens is 358 g/mol. The molecular formula is C19H20ClNO5. The Bertz CT molecular complexity index is 822. The van der Waals surface area contributed by atoms with Crippen LogP contribution in [0.4, 0.5) is 5.69 Å². The molecule has 0 aliphatic rings. The molecule has 7 heteroatoms. The van der Waals surface area contributed by atoms with E-state index in [-0.39, 0.29) is 5.56 Å². The Labute approximate surface area is 157 Å². The summed E-state index contributed by atoms with van der Waals surface area (Å²) in [4.78, 5) is 24.8. The Kier molecular flexibility index (Phi) is 6.46. The monoisotopic (exact) mass is 377 g/mol. The van der Waals surface area contributed by atoms with E-state index in [2.05, 4.69) is 5.32 Å². The molecule has 0 saturated carbocycles. The summed E-state index contributed by atoms with van der Waals surface area (Å²) in [6.07, 6.45) is -1.03. The van der Waals surface area contributed by atoms with Crippen LogP contribution in [0.5, 0.6) is 11.5 Å². The first-order chi connectivity index (χ1) is 12.3. The molecule has 6 nitrogen and oxygen atoms in total. The highest BCUT2D eigenvalue weighted by Gasteiger charge is 2.22. The number of nitrogens with one attached hydrogen (secondary N) is 1. The van der Waals surface area contributed by atoms with E-state index in [1.54, 1.807) is 30.3 Å². The molecule has 138 valence electrons. The van der Waals surface area contributed by atoms with Crippen LogP contribution in [0, 0.1) is 6.92 Å². The van der Waals surface area contributed by atoms with Crippen molar-refractivity contribution in [3.05, 3.63) is 52.5 Å². The molecule has 1 amide bonds. The number of carbonyl (C=O) groups excluding carboxylic acids is 2. The third-order valence-electron chi connectivity index (χ3n) is 3.65. The first-order valence-electron chi connectivity index (χ1n) is 7.85. The van der Waals surface area contributed by atoms with Crippen LogP contribution in [-0.4, -0.2) is 32.2 Å². The summed E-state index contributed by atoms with van der Waals surface area (Å²) in [6, 6.07) is 9.96. The average molecular weight is 378 g/mol. The highest BCUT2D eigenvalue weighted by atomic mass is 35.5. The first kappa shape index (κ1) is 19.6. The van der Waals surface area contributed by atoms with Crippen molar-refractivity contribution in [2.45, 2.75) is 20.0 Å². The number of aryl methyl sites for hydroxylation is 1. The SMILES string of the molecule is COc1ccc(Cl)cc1NC(=O)[C@@H](C)OC(=O)c1cc(C)ccc1OC.